The second-order valence-corrected chi connectivity index (χ2v) is 4.46. The molecule has 0 aliphatic carbocycles. The summed E-state index contributed by atoms with van der Waals surface area (Å²) in [6, 6.07) is 9.80. The molecule has 0 spiro atoms. The van der Waals surface area contributed by atoms with E-state index in [1.165, 1.54) is 0 Å². The molecule has 17 heavy (non-hydrogen) atoms. The third kappa shape index (κ3) is 5.85. The van der Waals surface area contributed by atoms with Gasteiger partial charge in [0.1, 0.15) is 6.10 Å². The van der Waals surface area contributed by atoms with Crippen LogP contribution in [0.5, 0.6) is 0 Å². The smallest absolute Gasteiger partial charge is 0.250 e. The first kappa shape index (κ1) is 14.2. The molecule has 0 saturated heterocycles. The molecule has 1 unspecified atom stereocenters. The van der Waals surface area contributed by atoms with Crippen molar-refractivity contribution in [2.75, 3.05) is 0 Å². The van der Waals surface area contributed by atoms with Crippen molar-refractivity contribution in [3.8, 4) is 0 Å². The van der Waals surface area contributed by atoms with Gasteiger partial charge in [-0.25, -0.2) is 0 Å². The zero-order chi connectivity index (χ0) is 12.5. The highest BCUT2D eigenvalue weighted by molar-refractivity contribution is 6.64. The first-order chi connectivity index (χ1) is 8.24. The molecule has 2 nitrogen and oxygen atoms in total. The van der Waals surface area contributed by atoms with Crippen LogP contribution in [-0.4, -0.2) is 11.3 Å². The van der Waals surface area contributed by atoms with E-state index in [0.29, 0.717) is 13.0 Å². The topological polar surface area (TPSA) is 26.3 Å². The Balaban J connectivity index is 2.36. The lowest BCUT2D eigenvalue weighted by atomic mass is 10.1. The molecule has 0 N–H and O–H groups in total. The fraction of sp³-hybridized carbons (Fsp3) is 0.500. The van der Waals surface area contributed by atoms with E-state index in [-0.39, 0.29) is 0 Å². The SMILES string of the molecule is CCCCCC(OCc1ccccc1)C(=O)Cl. The summed E-state index contributed by atoms with van der Waals surface area (Å²) in [5.41, 5.74) is 1.06. The van der Waals surface area contributed by atoms with Gasteiger partial charge in [-0.2, -0.15) is 0 Å². The highest BCUT2D eigenvalue weighted by Gasteiger charge is 2.16. The Morgan fingerprint density at radius 2 is 2.00 bits per heavy atom. The molecule has 94 valence electrons. The predicted octanol–water partition coefficient (Wildman–Crippen LogP) is 3.92. The molecule has 0 fully saturated rings. The van der Waals surface area contributed by atoms with Crippen molar-refractivity contribution in [3.63, 3.8) is 0 Å². The molecular weight excluding hydrogens is 236 g/mol. The van der Waals surface area contributed by atoms with Crippen molar-refractivity contribution in [2.45, 2.75) is 45.3 Å². The maximum atomic E-state index is 11.2. The van der Waals surface area contributed by atoms with E-state index in [0.717, 1.165) is 24.8 Å². The van der Waals surface area contributed by atoms with Crippen LogP contribution < -0.4 is 0 Å². The number of unbranched alkanes of at least 4 members (excludes halogenated alkanes) is 2. The number of carbonyl (C=O) groups excluding carboxylic acids is 1. The molecule has 0 aliphatic rings. The molecule has 0 bridgehead atoms. The molecule has 1 rings (SSSR count). The third-order valence-electron chi connectivity index (χ3n) is 2.62. The number of hydrogen-bond donors (Lipinski definition) is 0. The second kappa shape index (κ2) is 8.26. The van der Waals surface area contributed by atoms with Crippen LogP contribution in [0, 0.1) is 0 Å². The molecule has 1 atom stereocenters. The average molecular weight is 255 g/mol. The van der Waals surface area contributed by atoms with Gasteiger partial charge in [-0.15, -0.1) is 0 Å². The third-order valence-corrected chi connectivity index (χ3v) is 2.86. The summed E-state index contributed by atoms with van der Waals surface area (Å²) in [5, 5.41) is -0.392. The quantitative estimate of drug-likeness (QED) is 0.519. The van der Waals surface area contributed by atoms with Crippen molar-refractivity contribution in [1.29, 1.82) is 0 Å². The molecule has 1 aromatic rings. The van der Waals surface area contributed by atoms with Crippen LogP contribution in [0.1, 0.15) is 38.2 Å². The predicted molar refractivity (Wildman–Crippen MR) is 70.0 cm³/mol. The first-order valence-electron chi connectivity index (χ1n) is 6.09. The molecule has 0 saturated carbocycles. The summed E-state index contributed by atoms with van der Waals surface area (Å²) >= 11 is 5.53. The summed E-state index contributed by atoms with van der Waals surface area (Å²) in [6.45, 7) is 2.57. The van der Waals surface area contributed by atoms with Crippen LogP contribution in [0.2, 0.25) is 0 Å². The number of hydrogen-bond acceptors (Lipinski definition) is 2. The number of ether oxygens (including phenoxy) is 1. The molecule has 0 aliphatic heterocycles. The minimum Gasteiger partial charge on any atom is -0.364 e. The molecule has 3 heteroatoms. The van der Waals surface area contributed by atoms with Crippen LogP contribution in [0.3, 0.4) is 0 Å². The van der Waals surface area contributed by atoms with Crippen LogP contribution in [0.4, 0.5) is 0 Å². The summed E-state index contributed by atoms with van der Waals surface area (Å²) in [4.78, 5) is 11.2. The van der Waals surface area contributed by atoms with Crippen LogP contribution in [0.25, 0.3) is 0 Å². The summed E-state index contributed by atoms with van der Waals surface area (Å²) in [6.07, 6.45) is 3.46. The standard InChI is InChI=1S/C14H19ClO2/c1-2-3-5-10-13(14(15)16)17-11-12-8-6-4-7-9-12/h4,6-9,13H,2-3,5,10-11H2,1H3. The van der Waals surface area contributed by atoms with Crippen molar-refractivity contribution in [2.24, 2.45) is 0 Å². The Kier molecular flexibility index (Phi) is 6.90. The fourth-order valence-corrected chi connectivity index (χ4v) is 1.79. The highest BCUT2D eigenvalue weighted by atomic mass is 35.5. The minimum absolute atomic E-state index is 0.392. The monoisotopic (exact) mass is 254 g/mol. The van der Waals surface area contributed by atoms with E-state index in [2.05, 4.69) is 6.92 Å². The van der Waals surface area contributed by atoms with Gasteiger partial charge >= 0.3 is 0 Å². The van der Waals surface area contributed by atoms with Gasteiger partial charge in [0.25, 0.3) is 5.24 Å². The van der Waals surface area contributed by atoms with E-state index in [1.807, 2.05) is 30.3 Å². The van der Waals surface area contributed by atoms with Crippen LogP contribution in [-0.2, 0) is 16.1 Å². The Labute approximate surface area is 108 Å². The Morgan fingerprint density at radius 3 is 2.59 bits per heavy atom. The van der Waals surface area contributed by atoms with E-state index >= 15 is 0 Å². The van der Waals surface area contributed by atoms with Crippen molar-refractivity contribution in [3.05, 3.63) is 35.9 Å². The van der Waals surface area contributed by atoms with Gasteiger partial charge in [-0.1, -0.05) is 56.5 Å². The largest absolute Gasteiger partial charge is 0.364 e. The Hall–Kier alpha value is -0.860. The lowest BCUT2D eigenvalue weighted by Crippen LogP contribution is -2.20. The zero-order valence-electron chi connectivity index (χ0n) is 10.2. The van der Waals surface area contributed by atoms with Gasteiger partial charge < -0.3 is 4.74 Å². The van der Waals surface area contributed by atoms with Crippen molar-refractivity contribution in [1.82, 2.24) is 0 Å². The number of carbonyl (C=O) groups is 1. The number of halogens is 1. The zero-order valence-corrected chi connectivity index (χ0v) is 11.0. The maximum Gasteiger partial charge on any atom is 0.250 e. The normalized spacial score (nSPS) is 12.4. The van der Waals surface area contributed by atoms with Gasteiger partial charge in [0.05, 0.1) is 6.61 Å². The lowest BCUT2D eigenvalue weighted by molar-refractivity contribution is -0.123. The lowest BCUT2D eigenvalue weighted by Gasteiger charge is -2.13. The summed E-state index contributed by atoms with van der Waals surface area (Å²) < 4.78 is 5.55. The van der Waals surface area contributed by atoms with E-state index in [1.54, 1.807) is 0 Å². The molecule has 1 aromatic carbocycles. The van der Waals surface area contributed by atoms with Gasteiger partial charge in [-0.05, 0) is 23.6 Å². The van der Waals surface area contributed by atoms with E-state index in [9.17, 15) is 4.79 Å². The van der Waals surface area contributed by atoms with E-state index in [4.69, 9.17) is 16.3 Å². The molecule has 0 radical (unpaired) electrons. The molecular formula is C14H19ClO2. The second-order valence-electron chi connectivity index (χ2n) is 4.09. The van der Waals surface area contributed by atoms with Gasteiger partial charge in [-0.3, -0.25) is 4.79 Å². The Bertz CT molecular complexity index is 324. The molecule has 0 aromatic heterocycles. The van der Waals surface area contributed by atoms with Gasteiger partial charge in [0.15, 0.2) is 0 Å². The van der Waals surface area contributed by atoms with Crippen molar-refractivity contribution >= 4 is 16.8 Å². The maximum absolute atomic E-state index is 11.2. The molecule has 0 heterocycles. The van der Waals surface area contributed by atoms with Crippen LogP contribution >= 0.6 is 11.6 Å². The average Bonchev–Trinajstić information content (AvgIpc) is 2.34. The fourth-order valence-electron chi connectivity index (χ4n) is 1.61. The van der Waals surface area contributed by atoms with Crippen LogP contribution in [0.15, 0.2) is 30.3 Å². The summed E-state index contributed by atoms with van der Waals surface area (Å²) in [7, 11) is 0. The van der Waals surface area contributed by atoms with Crippen molar-refractivity contribution < 1.29 is 9.53 Å². The Morgan fingerprint density at radius 1 is 1.29 bits per heavy atom. The molecule has 0 amide bonds. The van der Waals surface area contributed by atoms with E-state index < -0.39 is 11.3 Å². The minimum atomic E-state index is -0.469. The van der Waals surface area contributed by atoms with Gasteiger partial charge in [0, 0.05) is 0 Å². The highest BCUT2D eigenvalue weighted by Crippen LogP contribution is 2.12. The number of rotatable bonds is 8. The summed E-state index contributed by atoms with van der Waals surface area (Å²) in [5.74, 6) is 0. The number of benzene rings is 1. The van der Waals surface area contributed by atoms with Gasteiger partial charge in [0.2, 0.25) is 0 Å². The first-order valence-corrected chi connectivity index (χ1v) is 6.46.